The van der Waals surface area contributed by atoms with Gasteiger partial charge in [-0.15, -0.1) is 0 Å². The molecule has 0 saturated carbocycles. The monoisotopic (exact) mass is 320 g/mol. The van der Waals surface area contributed by atoms with Crippen LogP contribution in [0, 0.1) is 0 Å². The molecule has 1 fully saturated rings. The highest BCUT2D eigenvalue weighted by atomic mass is 16.7. The molecule has 1 saturated heterocycles. The minimum atomic E-state index is -1.35. The largest absolute Gasteiger partial charge is 0.388 e. The molecule has 4 N–H and O–H groups in total. The second kappa shape index (κ2) is 7.80. The van der Waals surface area contributed by atoms with Crippen LogP contribution in [0.3, 0.4) is 0 Å². The molecule has 2 aliphatic rings. The molecule has 2 heterocycles. The molecular weight excluding hydrogens is 296 g/mol. The van der Waals surface area contributed by atoms with E-state index in [2.05, 4.69) is 0 Å². The van der Waals surface area contributed by atoms with E-state index in [1.165, 1.54) is 14.2 Å². The minimum Gasteiger partial charge on any atom is -0.388 e. The molecule has 0 aromatic carbocycles. The Morgan fingerprint density at radius 2 is 1.50 bits per heavy atom. The fraction of sp³-hybridized carbons (Fsp3) is 0.857. The Balaban J connectivity index is 1.91. The Hall–Kier alpha value is -0.580. The lowest BCUT2D eigenvalue weighted by Gasteiger charge is -2.40. The smallest absolute Gasteiger partial charge is 0.186 e. The molecule has 2 rings (SSSR count). The maximum atomic E-state index is 9.98. The summed E-state index contributed by atoms with van der Waals surface area (Å²) in [7, 11) is 2.84. The quantitative estimate of drug-likeness (QED) is 0.453. The third-order valence-corrected chi connectivity index (χ3v) is 4.02. The maximum Gasteiger partial charge on any atom is 0.186 e. The Morgan fingerprint density at radius 1 is 0.818 bits per heavy atom. The topological polar surface area (TPSA) is 118 Å². The zero-order valence-electron chi connectivity index (χ0n) is 12.6. The van der Waals surface area contributed by atoms with Crippen LogP contribution in [0.15, 0.2) is 12.2 Å². The van der Waals surface area contributed by atoms with Crippen LogP contribution in [0.1, 0.15) is 12.8 Å². The zero-order valence-corrected chi connectivity index (χ0v) is 12.6. The van der Waals surface area contributed by atoms with Crippen molar-refractivity contribution in [3.8, 4) is 0 Å². The van der Waals surface area contributed by atoms with Crippen LogP contribution in [-0.4, -0.2) is 83.8 Å². The van der Waals surface area contributed by atoms with E-state index < -0.39 is 49.2 Å². The van der Waals surface area contributed by atoms with Gasteiger partial charge in [-0.2, -0.15) is 0 Å². The summed E-state index contributed by atoms with van der Waals surface area (Å²) in [5.74, 6) is 0. The first-order valence-electron chi connectivity index (χ1n) is 7.25. The average Bonchev–Trinajstić information content (AvgIpc) is 2.53. The van der Waals surface area contributed by atoms with E-state index in [4.69, 9.17) is 18.9 Å². The molecule has 22 heavy (non-hydrogen) atoms. The van der Waals surface area contributed by atoms with Crippen molar-refractivity contribution in [1.82, 2.24) is 0 Å². The normalized spacial score (nSPS) is 45.9. The van der Waals surface area contributed by atoms with Gasteiger partial charge in [0.15, 0.2) is 12.6 Å². The molecule has 0 aromatic heterocycles. The van der Waals surface area contributed by atoms with Crippen molar-refractivity contribution in [3.05, 3.63) is 12.2 Å². The molecule has 8 nitrogen and oxygen atoms in total. The van der Waals surface area contributed by atoms with Crippen LogP contribution in [0.2, 0.25) is 0 Å². The van der Waals surface area contributed by atoms with E-state index in [1.807, 2.05) is 0 Å². The summed E-state index contributed by atoms with van der Waals surface area (Å²) >= 11 is 0. The molecule has 0 unspecified atom stereocenters. The standard InChI is InChI=1S/C14H24O8/c1-19-10-6-3-7(15)8(21-10)4-5-9-11(16)12(17)13(18)14(20-2)22-9/h3,6-18H,4-5H2,1-2H3/t7-,8+,9-,10-,11-,12+,13+,14+/m0/s1. The van der Waals surface area contributed by atoms with Gasteiger partial charge in [-0.25, -0.2) is 0 Å². The number of methoxy groups -OCH3 is 2. The predicted octanol–water partition coefficient (Wildman–Crippen LogP) is -1.49. The first kappa shape index (κ1) is 17.8. The molecule has 0 spiro atoms. The van der Waals surface area contributed by atoms with Gasteiger partial charge in [0, 0.05) is 14.2 Å². The molecule has 128 valence electrons. The molecule has 2 aliphatic heterocycles. The molecule has 8 atom stereocenters. The fourth-order valence-corrected chi connectivity index (χ4v) is 2.68. The van der Waals surface area contributed by atoms with Gasteiger partial charge < -0.3 is 39.4 Å². The summed E-state index contributed by atoms with van der Waals surface area (Å²) in [5.41, 5.74) is 0. The van der Waals surface area contributed by atoms with Crippen LogP contribution in [0.25, 0.3) is 0 Å². The van der Waals surface area contributed by atoms with Crippen LogP contribution in [0.5, 0.6) is 0 Å². The number of hydrogen-bond donors (Lipinski definition) is 4. The predicted molar refractivity (Wildman–Crippen MR) is 73.7 cm³/mol. The van der Waals surface area contributed by atoms with E-state index >= 15 is 0 Å². The van der Waals surface area contributed by atoms with Crippen molar-refractivity contribution in [1.29, 1.82) is 0 Å². The van der Waals surface area contributed by atoms with Gasteiger partial charge in [0.2, 0.25) is 0 Å². The van der Waals surface area contributed by atoms with Gasteiger partial charge in [-0.1, -0.05) is 6.08 Å². The number of aliphatic hydroxyl groups excluding tert-OH is 4. The average molecular weight is 320 g/mol. The van der Waals surface area contributed by atoms with Gasteiger partial charge in [-0.05, 0) is 18.9 Å². The molecule has 0 bridgehead atoms. The van der Waals surface area contributed by atoms with Crippen molar-refractivity contribution in [2.24, 2.45) is 0 Å². The summed E-state index contributed by atoms with van der Waals surface area (Å²) in [6, 6.07) is 0. The van der Waals surface area contributed by atoms with Crippen molar-refractivity contribution < 1.29 is 39.4 Å². The highest BCUT2D eigenvalue weighted by Crippen LogP contribution is 2.27. The van der Waals surface area contributed by atoms with Crippen LogP contribution >= 0.6 is 0 Å². The SMILES string of the molecule is CO[C@@H]1C=C[C@H](O)[C@@H](CC[C@@H]2O[C@@H](OC)[C@H](O)[C@H](O)[C@H]2O)O1. The molecule has 0 aliphatic carbocycles. The maximum absolute atomic E-state index is 9.98. The second-order valence-electron chi connectivity index (χ2n) is 5.48. The third kappa shape index (κ3) is 3.84. The van der Waals surface area contributed by atoms with Gasteiger partial charge in [0.05, 0.1) is 18.3 Å². The van der Waals surface area contributed by atoms with E-state index in [9.17, 15) is 20.4 Å². The van der Waals surface area contributed by atoms with Gasteiger partial charge in [0.1, 0.15) is 18.3 Å². The summed E-state index contributed by atoms with van der Waals surface area (Å²) in [4.78, 5) is 0. The van der Waals surface area contributed by atoms with E-state index in [0.717, 1.165) is 0 Å². The minimum absolute atomic E-state index is 0.316. The van der Waals surface area contributed by atoms with E-state index in [0.29, 0.717) is 12.8 Å². The first-order chi connectivity index (χ1) is 10.5. The summed E-state index contributed by atoms with van der Waals surface area (Å²) < 4.78 is 21.0. The zero-order chi connectivity index (χ0) is 16.3. The Morgan fingerprint density at radius 3 is 2.14 bits per heavy atom. The van der Waals surface area contributed by atoms with Gasteiger partial charge in [0.25, 0.3) is 0 Å². The second-order valence-corrected chi connectivity index (χ2v) is 5.48. The highest BCUT2D eigenvalue weighted by Gasteiger charge is 2.44. The van der Waals surface area contributed by atoms with Crippen molar-refractivity contribution in [2.45, 2.75) is 62.0 Å². The lowest BCUT2D eigenvalue weighted by Crippen LogP contribution is -2.58. The summed E-state index contributed by atoms with van der Waals surface area (Å²) in [6.07, 6.45) is -3.54. The van der Waals surface area contributed by atoms with Gasteiger partial charge >= 0.3 is 0 Å². The van der Waals surface area contributed by atoms with Gasteiger partial charge in [-0.3, -0.25) is 0 Å². The van der Waals surface area contributed by atoms with E-state index in [-0.39, 0.29) is 0 Å². The van der Waals surface area contributed by atoms with Crippen molar-refractivity contribution >= 4 is 0 Å². The number of hydrogen-bond acceptors (Lipinski definition) is 8. The molecule has 0 amide bonds. The summed E-state index contributed by atoms with van der Waals surface area (Å²) in [6.45, 7) is 0. The Kier molecular flexibility index (Phi) is 6.30. The molecule has 8 heteroatoms. The molecule has 0 aromatic rings. The third-order valence-electron chi connectivity index (χ3n) is 4.02. The fourth-order valence-electron chi connectivity index (χ4n) is 2.68. The van der Waals surface area contributed by atoms with Crippen LogP contribution in [-0.2, 0) is 18.9 Å². The first-order valence-corrected chi connectivity index (χ1v) is 7.25. The van der Waals surface area contributed by atoms with Crippen LogP contribution < -0.4 is 0 Å². The van der Waals surface area contributed by atoms with Crippen molar-refractivity contribution in [2.75, 3.05) is 14.2 Å². The number of rotatable bonds is 5. The number of ether oxygens (including phenoxy) is 4. The van der Waals surface area contributed by atoms with Crippen LogP contribution in [0.4, 0.5) is 0 Å². The van der Waals surface area contributed by atoms with E-state index in [1.54, 1.807) is 12.2 Å². The summed E-state index contributed by atoms with van der Waals surface area (Å²) in [5, 5.41) is 39.4. The number of aliphatic hydroxyl groups is 4. The lowest BCUT2D eigenvalue weighted by molar-refractivity contribution is -0.292. The Labute approximate surface area is 128 Å². The lowest BCUT2D eigenvalue weighted by atomic mass is 9.93. The molecule has 0 radical (unpaired) electrons. The molecular formula is C14H24O8. The Bertz CT molecular complexity index is 374. The highest BCUT2D eigenvalue weighted by molar-refractivity contribution is 5.00. The van der Waals surface area contributed by atoms with Crippen molar-refractivity contribution in [3.63, 3.8) is 0 Å².